The average molecular weight is 224 g/mol. The Bertz CT molecular complexity index is 308. The van der Waals surface area contributed by atoms with Crippen LogP contribution in [0.1, 0.15) is 20.3 Å². The van der Waals surface area contributed by atoms with Crippen molar-refractivity contribution >= 4 is 5.69 Å². The average Bonchev–Trinajstić information content (AvgIpc) is 2.16. The van der Waals surface area contributed by atoms with Gasteiger partial charge < -0.3 is 10.6 Å². The summed E-state index contributed by atoms with van der Waals surface area (Å²) in [5.74, 6) is 0.403. The molecule has 0 fully saturated rings. The number of benzene rings is 1. The zero-order chi connectivity index (χ0) is 12.1. The Morgan fingerprint density at radius 2 is 1.81 bits per heavy atom. The summed E-state index contributed by atoms with van der Waals surface area (Å²) in [6.07, 6.45) is 1.01. The summed E-state index contributed by atoms with van der Waals surface area (Å²) < 4.78 is 12.7. The Balaban J connectivity index is 2.51. The van der Waals surface area contributed by atoms with E-state index in [0.717, 1.165) is 18.7 Å². The highest BCUT2D eigenvalue weighted by molar-refractivity contribution is 5.45. The first-order chi connectivity index (χ1) is 7.49. The summed E-state index contributed by atoms with van der Waals surface area (Å²) in [6.45, 7) is 5.12. The Morgan fingerprint density at radius 1 is 1.25 bits per heavy atom. The van der Waals surface area contributed by atoms with E-state index in [-0.39, 0.29) is 11.9 Å². The molecule has 0 saturated carbocycles. The standard InChI is InChI=1S/C13H21FN2/c1-10(2)8-12(15)9-16(3)13-6-4-11(14)5-7-13/h4-7,10,12H,8-9,15H2,1-3H3. The smallest absolute Gasteiger partial charge is 0.123 e. The molecule has 0 radical (unpaired) electrons. The molecule has 0 aliphatic heterocycles. The topological polar surface area (TPSA) is 29.3 Å². The van der Waals surface area contributed by atoms with Crippen molar-refractivity contribution in [2.24, 2.45) is 11.7 Å². The third kappa shape index (κ3) is 4.19. The fourth-order valence-electron chi connectivity index (χ4n) is 1.83. The van der Waals surface area contributed by atoms with E-state index >= 15 is 0 Å². The molecular weight excluding hydrogens is 203 g/mol. The lowest BCUT2D eigenvalue weighted by molar-refractivity contribution is 0.495. The molecule has 1 unspecified atom stereocenters. The first-order valence-corrected chi connectivity index (χ1v) is 5.71. The minimum Gasteiger partial charge on any atom is -0.373 e. The van der Waals surface area contributed by atoms with Gasteiger partial charge in [-0.25, -0.2) is 4.39 Å². The second-order valence-electron chi connectivity index (χ2n) is 4.75. The van der Waals surface area contributed by atoms with Gasteiger partial charge >= 0.3 is 0 Å². The molecule has 16 heavy (non-hydrogen) atoms. The van der Waals surface area contributed by atoms with Gasteiger partial charge in [-0.3, -0.25) is 0 Å². The number of anilines is 1. The van der Waals surface area contributed by atoms with Gasteiger partial charge in [0.1, 0.15) is 5.82 Å². The van der Waals surface area contributed by atoms with Crippen LogP contribution in [0.15, 0.2) is 24.3 Å². The SMILES string of the molecule is CC(C)CC(N)CN(C)c1ccc(F)cc1. The van der Waals surface area contributed by atoms with Gasteiger partial charge in [0.2, 0.25) is 0 Å². The lowest BCUT2D eigenvalue weighted by Crippen LogP contribution is -2.36. The molecule has 0 aliphatic carbocycles. The fraction of sp³-hybridized carbons (Fsp3) is 0.538. The van der Waals surface area contributed by atoms with Crippen LogP contribution in [0.4, 0.5) is 10.1 Å². The first kappa shape index (κ1) is 13.0. The van der Waals surface area contributed by atoms with Crippen molar-refractivity contribution in [2.75, 3.05) is 18.5 Å². The predicted molar refractivity (Wildman–Crippen MR) is 67.1 cm³/mol. The summed E-state index contributed by atoms with van der Waals surface area (Å²) in [4.78, 5) is 2.06. The maximum absolute atomic E-state index is 12.7. The van der Waals surface area contributed by atoms with Crippen LogP contribution in [-0.2, 0) is 0 Å². The molecule has 90 valence electrons. The maximum Gasteiger partial charge on any atom is 0.123 e. The van der Waals surface area contributed by atoms with Gasteiger partial charge in [-0.15, -0.1) is 0 Å². The molecule has 1 aromatic carbocycles. The Morgan fingerprint density at radius 3 is 2.31 bits per heavy atom. The Hall–Kier alpha value is -1.09. The van der Waals surface area contributed by atoms with Crippen LogP contribution in [-0.4, -0.2) is 19.6 Å². The van der Waals surface area contributed by atoms with Crippen LogP contribution < -0.4 is 10.6 Å². The normalized spacial score (nSPS) is 12.9. The van der Waals surface area contributed by atoms with Crippen LogP contribution in [0, 0.1) is 11.7 Å². The third-order valence-electron chi connectivity index (χ3n) is 2.55. The lowest BCUT2D eigenvalue weighted by Gasteiger charge is -2.24. The van der Waals surface area contributed by atoms with E-state index in [0.29, 0.717) is 5.92 Å². The van der Waals surface area contributed by atoms with Crippen molar-refractivity contribution in [1.29, 1.82) is 0 Å². The van der Waals surface area contributed by atoms with E-state index in [9.17, 15) is 4.39 Å². The number of halogens is 1. The molecule has 0 amide bonds. The summed E-state index contributed by atoms with van der Waals surface area (Å²) in [6, 6.07) is 6.66. The van der Waals surface area contributed by atoms with Gasteiger partial charge in [0.15, 0.2) is 0 Å². The van der Waals surface area contributed by atoms with Crippen LogP contribution >= 0.6 is 0 Å². The molecule has 1 atom stereocenters. The number of likely N-dealkylation sites (N-methyl/N-ethyl adjacent to an activating group) is 1. The molecule has 0 bridgehead atoms. The molecule has 0 aliphatic rings. The van der Waals surface area contributed by atoms with Gasteiger partial charge in [-0.05, 0) is 36.6 Å². The van der Waals surface area contributed by atoms with Crippen molar-refractivity contribution < 1.29 is 4.39 Å². The van der Waals surface area contributed by atoms with Gasteiger partial charge in [-0.2, -0.15) is 0 Å². The molecule has 0 saturated heterocycles. The largest absolute Gasteiger partial charge is 0.373 e. The minimum absolute atomic E-state index is 0.162. The van der Waals surface area contributed by atoms with Gasteiger partial charge in [0.25, 0.3) is 0 Å². The van der Waals surface area contributed by atoms with Crippen LogP contribution in [0.3, 0.4) is 0 Å². The molecular formula is C13H21FN2. The molecule has 1 rings (SSSR count). The van der Waals surface area contributed by atoms with Gasteiger partial charge in [-0.1, -0.05) is 13.8 Å². The summed E-state index contributed by atoms with van der Waals surface area (Å²) >= 11 is 0. The van der Waals surface area contributed by atoms with Gasteiger partial charge in [0.05, 0.1) is 0 Å². The minimum atomic E-state index is -0.205. The van der Waals surface area contributed by atoms with E-state index < -0.39 is 0 Å². The second-order valence-corrected chi connectivity index (χ2v) is 4.75. The highest BCUT2D eigenvalue weighted by Gasteiger charge is 2.09. The Kier molecular flexibility index (Phi) is 4.74. The van der Waals surface area contributed by atoms with Crippen molar-refractivity contribution in [2.45, 2.75) is 26.3 Å². The van der Waals surface area contributed by atoms with Crippen molar-refractivity contribution in [3.63, 3.8) is 0 Å². The Labute approximate surface area is 97.3 Å². The molecule has 1 aromatic rings. The third-order valence-corrected chi connectivity index (χ3v) is 2.55. The zero-order valence-electron chi connectivity index (χ0n) is 10.3. The first-order valence-electron chi connectivity index (χ1n) is 5.71. The van der Waals surface area contributed by atoms with E-state index in [1.165, 1.54) is 12.1 Å². The number of rotatable bonds is 5. The molecule has 2 nitrogen and oxygen atoms in total. The summed E-state index contributed by atoms with van der Waals surface area (Å²) in [5.41, 5.74) is 7.03. The molecule has 2 N–H and O–H groups in total. The highest BCUT2D eigenvalue weighted by atomic mass is 19.1. The van der Waals surface area contributed by atoms with Crippen LogP contribution in [0.25, 0.3) is 0 Å². The van der Waals surface area contributed by atoms with E-state index in [1.807, 2.05) is 7.05 Å². The van der Waals surface area contributed by atoms with Crippen molar-refractivity contribution in [1.82, 2.24) is 0 Å². The summed E-state index contributed by atoms with van der Waals surface area (Å²) in [5, 5.41) is 0. The van der Waals surface area contributed by atoms with Crippen molar-refractivity contribution in [3.8, 4) is 0 Å². The number of nitrogens with two attached hydrogens (primary N) is 1. The summed E-state index contributed by atoms with van der Waals surface area (Å²) in [7, 11) is 1.98. The zero-order valence-corrected chi connectivity index (χ0v) is 10.3. The molecule has 3 heteroatoms. The van der Waals surface area contributed by atoms with Gasteiger partial charge in [0, 0.05) is 25.3 Å². The monoisotopic (exact) mass is 224 g/mol. The van der Waals surface area contributed by atoms with Crippen molar-refractivity contribution in [3.05, 3.63) is 30.1 Å². The highest BCUT2D eigenvalue weighted by Crippen LogP contribution is 2.14. The quantitative estimate of drug-likeness (QED) is 0.833. The van der Waals surface area contributed by atoms with E-state index in [4.69, 9.17) is 5.73 Å². The molecule has 0 spiro atoms. The number of hydrogen-bond acceptors (Lipinski definition) is 2. The van der Waals surface area contributed by atoms with Crippen LogP contribution in [0.2, 0.25) is 0 Å². The van der Waals surface area contributed by atoms with Crippen LogP contribution in [0.5, 0.6) is 0 Å². The second kappa shape index (κ2) is 5.85. The van der Waals surface area contributed by atoms with E-state index in [2.05, 4.69) is 18.7 Å². The molecule has 0 aromatic heterocycles. The maximum atomic E-state index is 12.7. The molecule has 0 heterocycles. The van der Waals surface area contributed by atoms with E-state index in [1.54, 1.807) is 12.1 Å². The predicted octanol–water partition coefficient (Wildman–Crippen LogP) is 2.64. The number of nitrogens with zero attached hydrogens (tertiary/aromatic N) is 1. The lowest BCUT2D eigenvalue weighted by atomic mass is 10.0. The fourth-order valence-corrected chi connectivity index (χ4v) is 1.83. The number of hydrogen-bond donors (Lipinski definition) is 1.